The van der Waals surface area contributed by atoms with Gasteiger partial charge in [0.2, 0.25) is 5.91 Å². The third-order valence-corrected chi connectivity index (χ3v) is 2.81. The van der Waals surface area contributed by atoms with Crippen LogP contribution in [0.25, 0.3) is 0 Å². The fraction of sp³-hybridized carbons (Fsp3) is 0.846. The summed E-state index contributed by atoms with van der Waals surface area (Å²) in [6, 6.07) is -0.0894. The predicted octanol–water partition coefficient (Wildman–Crippen LogP) is 2.38. The molecule has 0 aromatic rings. The highest BCUT2D eigenvalue weighted by molar-refractivity contribution is 5.81. The van der Waals surface area contributed by atoms with Crippen molar-refractivity contribution in [2.24, 2.45) is 10.9 Å². The van der Waals surface area contributed by atoms with E-state index in [1.165, 1.54) is 25.7 Å². The van der Waals surface area contributed by atoms with Crippen LogP contribution in [-0.2, 0) is 4.79 Å². The van der Waals surface area contributed by atoms with Crippen molar-refractivity contribution in [3.8, 4) is 0 Å². The minimum absolute atomic E-state index is 0.0451. The van der Waals surface area contributed by atoms with E-state index in [4.69, 9.17) is 10.9 Å². The summed E-state index contributed by atoms with van der Waals surface area (Å²) in [5.41, 5.74) is 5.37. The maximum Gasteiger partial charge on any atom is 0.220 e. The predicted molar refractivity (Wildman–Crippen MR) is 73.6 cm³/mol. The van der Waals surface area contributed by atoms with Crippen LogP contribution in [0.2, 0.25) is 0 Å². The highest BCUT2D eigenvalue weighted by atomic mass is 16.4. The minimum Gasteiger partial charge on any atom is -0.409 e. The first-order chi connectivity index (χ1) is 8.60. The Hall–Kier alpha value is -1.26. The van der Waals surface area contributed by atoms with E-state index < -0.39 is 0 Å². The molecule has 0 aromatic carbocycles. The first-order valence-electron chi connectivity index (χ1n) is 6.85. The second-order valence-corrected chi connectivity index (χ2v) is 4.78. The number of nitrogens with one attached hydrogen (secondary N) is 1. The molecule has 1 atom stereocenters. The summed E-state index contributed by atoms with van der Waals surface area (Å²) in [5, 5.41) is 14.1. The molecule has 0 saturated heterocycles. The topological polar surface area (TPSA) is 87.7 Å². The largest absolute Gasteiger partial charge is 0.409 e. The lowest BCUT2D eigenvalue weighted by Crippen LogP contribution is -2.35. The molecule has 18 heavy (non-hydrogen) atoms. The summed E-state index contributed by atoms with van der Waals surface area (Å²) >= 11 is 0. The highest BCUT2D eigenvalue weighted by Crippen LogP contribution is 2.06. The normalized spacial score (nSPS) is 13.3. The van der Waals surface area contributed by atoms with Gasteiger partial charge in [0.15, 0.2) is 0 Å². The molecular weight excluding hydrogens is 230 g/mol. The number of oxime groups is 1. The molecule has 0 aromatic heterocycles. The van der Waals surface area contributed by atoms with E-state index >= 15 is 0 Å². The van der Waals surface area contributed by atoms with Gasteiger partial charge in [-0.1, -0.05) is 44.2 Å². The van der Waals surface area contributed by atoms with Crippen LogP contribution in [0.4, 0.5) is 0 Å². The quantitative estimate of drug-likeness (QED) is 0.184. The maximum absolute atomic E-state index is 11.6. The Labute approximate surface area is 110 Å². The molecule has 0 spiro atoms. The van der Waals surface area contributed by atoms with E-state index in [-0.39, 0.29) is 17.8 Å². The van der Waals surface area contributed by atoms with E-state index in [0.29, 0.717) is 12.8 Å². The molecule has 0 bridgehead atoms. The summed E-state index contributed by atoms with van der Waals surface area (Å²) in [4.78, 5) is 11.6. The van der Waals surface area contributed by atoms with Gasteiger partial charge in [-0.3, -0.25) is 4.79 Å². The van der Waals surface area contributed by atoms with E-state index in [1.54, 1.807) is 0 Å². The molecule has 0 aliphatic rings. The molecule has 4 N–H and O–H groups in total. The smallest absolute Gasteiger partial charge is 0.220 e. The lowest BCUT2D eigenvalue weighted by Gasteiger charge is -2.12. The van der Waals surface area contributed by atoms with Crippen molar-refractivity contribution in [1.82, 2.24) is 5.32 Å². The van der Waals surface area contributed by atoms with Gasteiger partial charge in [0.05, 0.1) is 0 Å². The summed E-state index contributed by atoms with van der Waals surface area (Å²) in [6.07, 6.45) is 7.98. The molecule has 0 radical (unpaired) electrons. The lowest BCUT2D eigenvalue weighted by atomic mass is 10.1. The Morgan fingerprint density at radius 1 is 1.28 bits per heavy atom. The van der Waals surface area contributed by atoms with Crippen LogP contribution in [0, 0.1) is 0 Å². The lowest BCUT2D eigenvalue weighted by molar-refractivity contribution is -0.121. The van der Waals surface area contributed by atoms with Gasteiger partial charge >= 0.3 is 0 Å². The molecule has 0 rings (SSSR count). The van der Waals surface area contributed by atoms with Crippen molar-refractivity contribution in [3.63, 3.8) is 0 Å². The number of amides is 1. The summed E-state index contributed by atoms with van der Waals surface area (Å²) in [6.45, 7) is 4.04. The Morgan fingerprint density at radius 3 is 2.50 bits per heavy atom. The third-order valence-electron chi connectivity index (χ3n) is 2.81. The fourth-order valence-electron chi connectivity index (χ4n) is 1.82. The first-order valence-corrected chi connectivity index (χ1v) is 6.85. The molecule has 5 heteroatoms. The number of hydrogen-bond donors (Lipinski definition) is 3. The number of carbonyl (C=O) groups excluding carboxylic acids is 1. The molecule has 106 valence electrons. The van der Waals surface area contributed by atoms with Gasteiger partial charge in [-0.25, -0.2) is 0 Å². The van der Waals surface area contributed by atoms with Crippen LogP contribution < -0.4 is 11.1 Å². The van der Waals surface area contributed by atoms with E-state index in [9.17, 15) is 4.79 Å². The van der Waals surface area contributed by atoms with Crippen molar-refractivity contribution >= 4 is 11.7 Å². The van der Waals surface area contributed by atoms with Gasteiger partial charge in [0.25, 0.3) is 0 Å². The highest BCUT2D eigenvalue weighted by Gasteiger charge is 2.08. The van der Waals surface area contributed by atoms with Crippen LogP contribution >= 0.6 is 0 Å². The minimum atomic E-state index is -0.0894. The van der Waals surface area contributed by atoms with Crippen molar-refractivity contribution < 1.29 is 10.0 Å². The Balaban J connectivity index is 3.53. The van der Waals surface area contributed by atoms with Crippen molar-refractivity contribution in [2.75, 3.05) is 0 Å². The van der Waals surface area contributed by atoms with Crippen LogP contribution in [0.1, 0.15) is 65.2 Å². The van der Waals surface area contributed by atoms with Crippen LogP contribution in [0.15, 0.2) is 5.16 Å². The average Bonchev–Trinajstić information content (AvgIpc) is 2.33. The maximum atomic E-state index is 11.6. The zero-order valence-corrected chi connectivity index (χ0v) is 11.6. The number of nitrogens with two attached hydrogens (primary N) is 1. The Morgan fingerprint density at radius 2 is 1.89 bits per heavy atom. The van der Waals surface area contributed by atoms with Gasteiger partial charge in [-0.05, 0) is 13.3 Å². The van der Waals surface area contributed by atoms with Crippen molar-refractivity contribution in [1.29, 1.82) is 0 Å². The van der Waals surface area contributed by atoms with E-state index in [2.05, 4.69) is 17.4 Å². The monoisotopic (exact) mass is 257 g/mol. The number of carbonyl (C=O) groups is 1. The second kappa shape index (κ2) is 10.9. The van der Waals surface area contributed by atoms with Crippen LogP contribution in [0.3, 0.4) is 0 Å². The number of hydrogen-bond acceptors (Lipinski definition) is 3. The number of amidine groups is 1. The molecule has 1 unspecified atom stereocenters. The summed E-state index contributed by atoms with van der Waals surface area (Å²) in [7, 11) is 0. The number of nitrogens with zero attached hydrogens (tertiary/aromatic N) is 1. The average molecular weight is 257 g/mol. The molecule has 1 amide bonds. The molecule has 5 nitrogen and oxygen atoms in total. The van der Waals surface area contributed by atoms with E-state index in [0.717, 1.165) is 12.8 Å². The number of unbranched alkanes of at least 4 members (excludes halogenated alkanes) is 5. The van der Waals surface area contributed by atoms with Crippen molar-refractivity contribution in [3.05, 3.63) is 0 Å². The van der Waals surface area contributed by atoms with Crippen LogP contribution in [0.5, 0.6) is 0 Å². The van der Waals surface area contributed by atoms with Gasteiger partial charge in [0, 0.05) is 18.9 Å². The van der Waals surface area contributed by atoms with Gasteiger partial charge < -0.3 is 16.3 Å². The molecule has 0 aliphatic carbocycles. The Kier molecular flexibility index (Phi) is 10.1. The van der Waals surface area contributed by atoms with Gasteiger partial charge in [-0.2, -0.15) is 0 Å². The molecular formula is C13H27N3O2. The van der Waals surface area contributed by atoms with Crippen molar-refractivity contribution in [2.45, 2.75) is 71.3 Å². The van der Waals surface area contributed by atoms with Gasteiger partial charge in [0.1, 0.15) is 5.84 Å². The number of rotatable bonds is 10. The summed E-state index contributed by atoms with van der Waals surface area (Å²) < 4.78 is 0. The zero-order chi connectivity index (χ0) is 13.8. The fourth-order valence-corrected chi connectivity index (χ4v) is 1.82. The molecule has 0 fully saturated rings. The molecule has 0 saturated carbocycles. The Bertz CT molecular complexity index is 255. The third kappa shape index (κ3) is 9.93. The van der Waals surface area contributed by atoms with Crippen LogP contribution in [-0.4, -0.2) is 23.0 Å². The van der Waals surface area contributed by atoms with E-state index in [1.807, 2.05) is 6.92 Å². The molecule has 0 aliphatic heterocycles. The SMILES string of the molecule is CCCCCCCCC(=O)NC(C)CC(N)=NO. The van der Waals surface area contributed by atoms with Gasteiger partial charge in [-0.15, -0.1) is 0 Å². The second-order valence-electron chi connectivity index (χ2n) is 4.78. The zero-order valence-electron chi connectivity index (χ0n) is 11.6. The summed E-state index contributed by atoms with van der Waals surface area (Å²) in [5.74, 6) is 0.186. The molecule has 0 heterocycles. The standard InChI is InChI=1S/C13H27N3O2/c1-3-4-5-6-7-8-9-13(17)15-11(2)10-12(14)16-18/h11,18H,3-10H2,1-2H3,(H2,14,16)(H,15,17). The first kappa shape index (κ1) is 16.7.